The Morgan fingerprint density at radius 2 is 1.49 bits per heavy atom. The van der Waals surface area contributed by atoms with E-state index >= 15 is 0 Å². The number of carbonyl (C=O) groups is 2. The molecule has 1 N–H and O–H groups in total. The molecule has 0 bridgehead atoms. The van der Waals surface area contributed by atoms with Crippen LogP contribution in [0.4, 0.5) is 14.5 Å². The molecule has 0 aliphatic rings. The van der Waals surface area contributed by atoms with E-state index in [1.54, 1.807) is 25.1 Å². The fraction of sp³-hybridized carbons (Fsp3) is 0.310. The molecule has 0 unspecified atom stereocenters. The molecule has 0 spiro atoms. The fourth-order valence-electron chi connectivity index (χ4n) is 3.86. The number of sulfonamides is 1. The molecule has 0 saturated carbocycles. The van der Waals surface area contributed by atoms with E-state index in [0.717, 1.165) is 16.5 Å². The predicted molar refractivity (Wildman–Crippen MR) is 146 cm³/mol. The van der Waals surface area contributed by atoms with Crippen LogP contribution in [0.3, 0.4) is 0 Å². The van der Waals surface area contributed by atoms with Crippen molar-refractivity contribution in [3.05, 3.63) is 95.6 Å². The lowest BCUT2D eigenvalue weighted by Crippen LogP contribution is -2.52. The van der Waals surface area contributed by atoms with E-state index < -0.39 is 46.1 Å². The largest absolute Gasteiger partial charge is 0.352 e. The third-order valence-corrected chi connectivity index (χ3v) is 8.25. The number of hydrogen-bond acceptors (Lipinski definition) is 4. The Kier molecular flexibility index (Phi) is 9.80. The molecule has 2 amide bonds. The zero-order valence-electron chi connectivity index (χ0n) is 22.4. The molecular weight excluding hydrogens is 524 g/mol. The van der Waals surface area contributed by atoms with Crippen LogP contribution in [0.1, 0.15) is 38.3 Å². The second-order valence-electron chi connectivity index (χ2n) is 9.38. The Hall–Kier alpha value is -3.79. The van der Waals surface area contributed by atoms with Crippen molar-refractivity contribution in [1.82, 2.24) is 10.2 Å². The zero-order valence-corrected chi connectivity index (χ0v) is 23.2. The first-order valence-corrected chi connectivity index (χ1v) is 14.1. The average Bonchev–Trinajstić information content (AvgIpc) is 2.91. The summed E-state index contributed by atoms with van der Waals surface area (Å²) in [5.74, 6) is -2.70. The number of nitrogens with zero attached hydrogens (tertiary/aromatic N) is 2. The second-order valence-corrected chi connectivity index (χ2v) is 11.2. The lowest BCUT2D eigenvalue weighted by atomic mass is 10.1. The van der Waals surface area contributed by atoms with Crippen molar-refractivity contribution < 1.29 is 26.8 Å². The first kappa shape index (κ1) is 29.8. The molecule has 0 aliphatic heterocycles. The number of halogens is 2. The minimum Gasteiger partial charge on any atom is -0.352 e. The van der Waals surface area contributed by atoms with Crippen LogP contribution >= 0.6 is 0 Å². The number of rotatable bonds is 11. The molecule has 0 aromatic heterocycles. The second kappa shape index (κ2) is 12.8. The van der Waals surface area contributed by atoms with Crippen molar-refractivity contribution in [2.75, 3.05) is 10.8 Å². The van der Waals surface area contributed by atoms with Gasteiger partial charge < -0.3 is 10.2 Å². The Morgan fingerprint density at radius 1 is 0.897 bits per heavy atom. The van der Waals surface area contributed by atoms with E-state index in [2.05, 4.69) is 5.32 Å². The molecular formula is C29H33F2N3O4S. The van der Waals surface area contributed by atoms with Crippen molar-refractivity contribution in [3.8, 4) is 0 Å². The van der Waals surface area contributed by atoms with Crippen LogP contribution in [0.15, 0.2) is 77.7 Å². The van der Waals surface area contributed by atoms with Gasteiger partial charge in [0.05, 0.1) is 10.6 Å². The Morgan fingerprint density at radius 3 is 2.08 bits per heavy atom. The van der Waals surface area contributed by atoms with Gasteiger partial charge in [-0.2, -0.15) is 0 Å². The third-order valence-electron chi connectivity index (χ3n) is 6.48. The number of anilines is 1. The lowest BCUT2D eigenvalue weighted by Gasteiger charge is -2.32. The van der Waals surface area contributed by atoms with Crippen molar-refractivity contribution in [2.24, 2.45) is 0 Å². The SMILES string of the molecule is CC[C@H](C)NC(=O)[C@H](C)N(Cc1ccccc1F)C(=O)CN(c1ccccc1F)S(=O)(=O)c1ccc(C)cc1. The minimum atomic E-state index is -4.40. The number of nitrogens with one attached hydrogen (secondary N) is 1. The molecule has 3 aromatic rings. The van der Waals surface area contributed by atoms with Crippen molar-refractivity contribution >= 4 is 27.5 Å². The number of amides is 2. The molecule has 0 aliphatic carbocycles. The van der Waals surface area contributed by atoms with E-state index in [-0.39, 0.29) is 28.7 Å². The summed E-state index contributed by atoms with van der Waals surface area (Å²) in [5.41, 5.74) is 0.640. The molecule has 3 rings (SSSR count). The third kappa shape index (κ3) is 7.20. The van der Waals surface area contributed by atoms with Gasteiger partial charge in [0, 0.05) is 18.2 Å². The lowest BCUT2D eigenvalue weighted by molar-refractivity contribution is -0.139. The molecule has 208 valence electrons. The molecule has 2 atom stereocenters. The normalized spacial score (nSPS) is 12.9. The summed E-state index contributed by atoms with van der Waals surface area (Å²) in [7, 11) is -4.40. The average molecular weight is 558 g/mol. The number of benzene rings is 3. The summed E-state index contributed by atoms with van der Waals surface area (Å²) in [6.07, 6.45) is 0.648. The Labute approximate surface area is 228 Å². The van der Waals surface area contributed by atoms with Gasteiger partial charge >= 0.3 is 0 Å². The van der Waals surface area contributed by atoms with E-state index in [0.29, 0.717) is 10.7 Å². The van der Waals surface area contributed by atoms with Crippen LogP contribution in [0.25, 0.3) is 0 Å². The van der Waals surface area contributed by atoms with Gasteiger partial charge in [0.25, 0.3) is 10.0 Å². The van der Waals surface area contributed by atoms with Crippen LogP contribution in [0.5, 0.6) is 0 Å². The molecule has 39 heavy (non-hydrogen) atoms. The predicted octanol–water partition coefficient (Wildman–Crippen LogP) is 4.80. The van der Waals surface area contributed by atoms with Gasteiger partial charge in [0.15, 0.2) is 0 Å². The highest BCUT2D eigenvalue weighted by Crippen LogP contribution is 2.27. The summed E-state index contributed by atoms with van der Waals surface area (Å²) >= 11 is 0. The zero-order chi connectivity index (χ0) is 28.7. The van der Waals surface area contributed by atoms with Gasteiger partial charge in [-0.05, 0) is 57.5 Å². The number of carbonyl (C=O) groups excluding carboxylic acids is 2. The van der Waals surface area contributed by atoms with E-state index in [1.165, 1.54) is 55.5 Å². The summed E-state index contributed by atoms with van der Waals surface area (Å²) in [6, 6.07) is 15.7. The Bertz CT molecular complexity index is 1410. The van der Waals surface area contributed by atoms with Crippen molar-refractivity contribution in [3.63, 3.8) is 0 Å². The number of para-hydroxylation sites is 1. The highest BCUT2D eigenvalue weighted by atomic mass is 32.2. The first-order chi connectivity index (χ1) is 18.4. The van der Waals surface area contributed by atoms with Crippen LogP contribution in [0, 0.1) is 18.6 Å². The van der Waals surface area contributed by atoms with Crippen LogP contribution in [-0.2, 0) is 26.2 Å². The summed E-state index contributed by atoms with van der Waals surface area (Å²) in [6.45, 7) is 5.87. The first-order valence-electron chi connectivity index (χ1n) is 12.6. The maximum atomic E-state index is 14.9. The molecule has 7 nitrogen and oxygen atoms in total. The van der Waals surface area contributed by atoms with Gasteiger partial charge in [-0.15, -0.1) is 0 Å². The van der Waals surface area contributed by atoms with Crippen LogP contribution in [-0.4, -0.2) is 43.8 Å². The molecule has 0 radical (unpaired) electrons. The standard InChI is InChI=1S/C29H33F2N3O4S/c1-5-21(3)32-29(36)22(4)33(18-23-10-6-7-11-25(23)30)28(35)19-34(27-13-9-8-12-26(27)31)39(37,38)24-16-14-20(2)15-17-24/h6-17,21-22H,5,18-19H2,1-4H3,(H,32,36)/t21-,22-/m0/s1. The maximum absolute atomic E-state index is 14.9. The van der Waals surface area contributed by atoms with Gasteiger partial charge in [0.1, 0.15) is 24.2 Å². The molecule has 0 heterocycles. The Balaban J connectivity index is 2.05. The maximum Gasteiger partial charge on any atom is 0.264 e. The van der Waals surface area contributed by atoms with E-state index in [4.69, 9.17) is 0 Å². The quantitative estimate of drug-likeness (QED) is 0.367. The topological polar surface area (TPSA) is 86.8 Å². The number of aryl methyl sites for hydroxylation is 1. The van der Waals surface area contributed by atoms with Crippen LogP contribution < -0.4 is 9.62 Å². The van der Waals surface area contributed by atoms with Crippen molar-refractivity contribution in [1.29, 1.82) is 0 Å². The van der Waals surface area contributed by atoms with Gasteiger partial charge in [-0.3, -0.25) is 13.9 Å². The molecule has 10 heteroatoms. The molecule has 0 saturated heterocycles. The number of hydrogen-bond donors (Lipinski definition) is 1. The summed E-state index contributed by atoms with van der Waals surface area (Å²) < 4.78 is 57.6. The van der Waals surface area contributed by atoms with Gasteiger partial charge in [-0.25, -0.2) is 17.2 Å². The molecule has 0 fully saturated rings. The summed E-state index contributed by atoms with van der Waals surface area (Å²) in [5, 5.41) is 2.80. The minimum absolute atomic E-state index is 0.132. The smallest absolute Gasteiger partial charge is 0.264 e. The highest BCUT2D eigenvalue weighted by Gasteiger charge is 2.34. The van der Waals surface area contributed by atoms with Gasteiger partial charge in [-0.1, -0.05) is 55.0 Å². The van der Waals surface area contributed by atoms with E-state index in [1.807, 2.05) is 13.8 Å². The summed E-state index contributed by atoms with van der Waals surface area (Å²) in [4.78, 5) is 27.8. The van der Waals surface area contributed by atoms with E-state index in [9.17, 15) is 26.8 Å². The van der Waals surface area contributed by atoms with Gasteiger partial charge in [0.2, 0.25) is 11.8 Å². The molecule has 3 aromatic carbocycles. The van der Waals surface area contributed by atoms with Crippen LogP contribution in [0.2, 0.25) is 0 Å². The fourth-order valence-corrected chi connectivity index (χ4v) is 5.28. The highest BCUT2D eigenvalue weighted by molar-refractivity contribution is 7.92. The van der Waals surface area contributed by atoms with Crippen molar-refractivity contribution in [2.45, 2.75) is 57.6 Å². The monoisotopic (exact) mass is 557 g/mol.